The first-order valence-corrected chi connectivity index (χ1v) is 6.18. The average molecular weight is 271 g/mol. The number of nitrogens with zero attached hydrogens (tertiary/aromatic N) is 1. The highest BCUT2D eigenvalue weighted by Crippen LogP contribution is 2.26. The van der Waals surface area contributed by atoms with Gasteiger partial charge in [0.2, 0.25) is 0 Å². The first-order valence-electron chi connectivity index (χ1n) is 5.19. The fourth-order valence-corrected chi connectivity index (χ4v) is 2.19. The first kappa shape index (κ1) is 14.5. The van der Waals surface area contributed by atoms with Gasteiger partial charge in [0.25, 0.3) is 5.69 Å². The predicted octanol–water partition coefficient (Wildman–Crippen LogP) is 2.42. The van der Waals surface area contributed by atoms with Crippen molar-refractivity contribution in [2.75, 3.05) is 19.5 Å². The van der Waals surface area contributed by atoms with Gasteiger partial charge in [-0.3, -0.25) is 10.1 Å². The Kier molecular flexibility index (Phi) is 5.60. The van der Waals surface area contributed by atoms with Gasteiger partial charge in [-0.2, -0.15) is 0 Å². The third-order valence-corrected chi connectivity index (χ3v) is 3.24. The second-order valence-electron chi connectivity index (χ2n) is 3.44. The van der Waals surface area contributed by atoms with Gasteiger partial charge in [-0.05, 0) is 18.6 Å². The minimum atomic E-state index is -1.29. The Morgan fingerprint density at radius 3 is 2.83 bits per heavy atom. The van der Waals surface area contributed by atoms with E-state index in [1.165, 1.54) is 23.9 Å². The van der Waals surface area contributed by atoms with Crippen molar-refractivity contribution in [1.29, 1.82) is 0 Å². The van der Waals surface area contributed by atoms with Gasteiger partial charge in [0.1, 0.15) is 5.56 Å². The van der Waals surface area contributed by atoms with Crippen molar-refractivity contribution in [3.8, 4) is 0 Å². The molecule has 0 bridgehead atoms. The molecule has 1 aromatic carbocycles. The number of nitro groups is 1. The molecular weight excluding hydrogens is 258 g/mol. The number of carboxylic acid groups (broad SMARTS) is 1. The number of methoxy groups -OCH3 is 1. The summed E-state index contributed by atoms with van der Waals surface area (Å²) < 4.78 is 4.90. The van der Waals surface area contributed by atoms with Crippen LogP contribution < -0.4 is 0 Å². The Hall–Kier alpha value is -1.60. The summed E-state index contributed by atoms with van der Waals surface area (Å²) in [4.78, 5) is 21.6. The number of hydrogen-bond acceptors (Lipinski definition) is 5. The molecule has 18 heavy (non-hydrogen) atoms. The van der Waals surface area contributed by atoms with E-state index in [2.05, 4.69) is 0 Å². The normalized spacial score (nSPS) is 10.3. The van der Waals surface area contributed by atoms with Crippen LogP contribution in [0.25, 0.3) is 0 Å². The largest absolute Gasteiger partial charge is 0.477 e. The number of rotatable bonds is 7. The van der Waals surface area contributed by atoms with Gasteiger partial charge in [-0.1, -0.05) is 0 Å². The summed E-state index contributed by atoms with van der Waals surface area (Å²) in [5.74, 6) is -0.522. The molecule has 0 spiro atoms. The molecule has 0 aliphatic carbocycles. The molecule has 0 saturated heterocycles. The highest BCUT2D eigenvalue weighted by atomic mass is 32.2. The molecule has 0 aliphatic rings. The molecule has 0 radical (unpaired) electrons. The number of carbonyl (C=O) groups is 1. The van der Waals surface area contributed by atoms with E-state index in [9.17, 15) is 14.9 Å². The zero-order valence-electron chi connectivity index (χ0n) is 9.79. The lowest BCUT2D eigenvalue weighted by atomic mass is 10.2. The molecule has 1 aromatic rings. The molecule has 1 N–H and O–H groups in total. The molecule has 6 nitrogen and oxygen atoms in total. The molecular formula is C11H13NO5S. The second kappa shape index (κ2) is 6.97. The summed E-state index contributed by atoms with van der Waals surface area (Å²) in [7, 11) is 1.61. The summed E-state index contributed by atoms with van der Waals surface area (Å²) in [6.07, 6.45) is 0.834. The quantitative estimate of drug-likeness (QED) is 0.354. The van der Waals surface area contributed by atoms with E-state index in [0.717, 1.165) is 12.2 Å². The van der Waals surface area contributed by atoms with Gasteiger partial charge in [-0.25, -0.2) is 4.79 Å². The minimum Gasteiger partial charge on any atom is -0.477 e. The maximum atomic E-state index is 10.9. The van der Waals surface area contributed by atoms with Crippen LogP contribution in [-0.2, 0) is 4.74 Å². The van der Waals surface area contributed by atoms with E-state index in [0.29, 0.717) is 11.5 Å². The van der Waals surface area contributed by atoms with Crippen LogP contribution >= 0.6 is 11.8 Å². The van der Waals surface area contributed by atoms with E-state index in [1.54, 1.807) is 13.2 Å². The smallest absolute Gasteiger partial charge is 0.342 e. The number of carboxylic acids is 1. The number of hydrogen-bond donors (Lipinski definition) is 1. The third-order valence-electron chi connectivity index (χ3n) is 2.16. The fourth-order valence-electron chi connectivity index (χ4n) is 1.33. The van der Waals surface area contributed by atoms with Crippen LogP contribution in [0.5, 0.6) is 0 Å². The number of ether oxygens (including phenoxy) is 1. The van der Waals surface area contributed by atoms with E-state index in [-0.39, 0.29) is 11.3 Å². The molecule has 0 heterocycles. The molecule has 0 saturated carbocycles. The Bertz CT molecular complexity index is 449. The van der Waals surface area contributed by atoms with E-state index in [4.69, 9.17) is 9.84 Å². The number of benzene rings is 1. The van der Waals surface area contributed by atoms with E-state index in [1.807, 2.05) is 0 Å². The van der Waals surface area contributed by atoms with Gasteiger partial charge in [0, 0.05) is 30.4 Å². The fraction of sp³-hybridized carbons (Fsp3) is 0.364. The summed E-state index contributed by atoms with van der Waals surface area (Å²) in [6.45, 7) is 0.631. The van der Waals surface area contributed by atoms with Crippen molar-refractivity contribution < 1.29 is 19.6 Å². The Morgan fingerprint density at radius 2 is 2.28 bits per heavy atom. The van der Waals surface area contributed by atoms with Crippen molar-refractivity contribution in [3.05, 3.63) is 33.9 Å². The molecule has 0 fully saturated rings. The minimum absolute atomic E-state index is 0.281. The lowest BCUT2D eigenvalue weighted by Crippen LogP contribution is -2.02. The average Bonchev–Trinajstić information content (AvgIpc) is 2.34. The van der Waals surface area contributed by atoms with Gasteiger partial charge in [-0.15, -0.1) is 11.8 Å². The van der Waals surface area contributed by atoms with E-state index < -0.39 is 10.9 Å². The van der Waals surface area contributed by atoms with Crippen LogP contribution in [-0.4, -0.2) is 35.5 Å². The van der Waals surface area contributed by atoms with Gasteiger partial charge >= 0.3 is 5.97 Å². The number of nitro benzene ring substituents is 1. The maximum Gasteiger partial charge on any atom is 0.342 e. The van der Waals surface area contributed by atoms with Crippen LogP contribution in [0.15, 0.2) is 23.1 Å². The molecule has 7 heteroatoms. The van der Waals surface area contributed by atoms with Gasteiger partial charge in [0.05, 0.1) is 4.92 Å². The second-order valence-corrected chi connectivity index (χ2v) is 4.60. The Labute approximate surface area is 108 Å². The first-order chi connectivity index (χ1) is 8.56. The summed E-state index contributed by atoms with van der Waals surface area (Å²) in [5, 5.41) is 19.6. The van der Waals surface area contributed by atoms with Crippen molar-refractivity contribution in [1.82, 2.24) is 0 Å². The molecule has 0 aromatic heterocycles. The van der Waals surface area contributed by atoms with Gasteiger partial charge < -0.3 is 9.84 Å². The van der Waals surface area contributed by atoms with Crippen LogP contribution in [0, 0.1) is 10.1 Å². The summed E-state index contributed by atoms with van der Waals surface area (Å²) >= 11 is 1.45. The summed E-state index contributed by atoms with van der Waals surface area (Å²) in [6, 6.07) is 4.11. The molecule has 0 amide bonds. The lowest BCUT2D eigenvalue weighted by molar-refractivity contribution is -0.385. The van der Waals surface area contributed by atoms with Crippen molar-refractivity contribution in [2.45, 2.75) is 11.3 Å². The van der Waals surface area contributed by atoms with Crippen LogP contribution in [0.3, 0.4) is 0 Å². The zero-order valence-corrected chi connectivity index (χ0v) is 10.6. The topological polar surface area (TPSA) is 89.7 Å². The van der Waals surface area contributed by atoms with Crippen LogP contribution in [0.2, 0.25) is 0 Å². The van der Waals surface area contributed by atoms with Crippen LogP contribution in [0.4, 0.5) is 5.69 Å². The lowest BCUT2D eigenvalue weighted by Gasteiger charge is -2.03. The summed E-state index contributed by atoms with van der Waals surface area (Å²) in [5.41, 5.74) is -0.666. The SMILES string of the molecule is COCCCSc1ccc([N+](=O)[O-])c(C(=O)O)c1. The third kappa shape index (κ3) is 4.01. The Balaban J connectivity index is 2.80. The van der Waals surface area contributed by atoms with Crippen molar-refractivity contribution >= 4 is 23.4 Å². The molecule has 0 atom stereocenters. The maximum absolute atomic E-state index is 10.9. The Morgan fingerprint density at radius 1 is 1.56 bits per heavy atom. The highest BCUT2D eigenvalue weighted by Gasteiger charge is 2.19. The molecule has 0 aliphatic heterocycles. The molecule has 0 unspecified atom stereocenters. The molecule has 98 valence electrons. The molecule has 1 rings (SSSR count). The zero-order chi connectivity index (χ0) is 13.5. The van der Waals surface area contributed by atoms with Crippen molar-refractivity contribution in [3.63, 3.8) is 0 Å². The van der Waals surface area contributed by atoms with Crippen LogP contribution in [0.1, 0.15) is 16.8 Å². The monoisotopic (exact) mass is 271 g/mol. The highest BCUT2D eigenvalue weighted by molar-refractivity contribution is 7.99. The van der Waals surface area contributed by atoms with Gasteiger partial charge in [0.15, 0.2) is 0 Å². The van der Waals surface area contributed by atoms with Crippen molar-refractivity contribution in [2.24, 2.45) is 0 Å². The number of aromatic carboxylic acids is 1. The number of thioether (sulfide) groups is 1. The predicted molar refractivity (Wildman–Crippen MR) is 67.3 cm³/mol. The van der Waals surface area contributed by atoms with E-state index >= 15 is 0 Å². The standard InChI is InChI=1S/C11H13NO5S/c1-17-5-2-6-18-8-3-4-10(12(15)16)9(7-8)11(13)14/h3-4,7H,2,5-6H2,1H3,(H,13,14).